The van der Waals surface area contributed by atoms with Gasteiger partial charge in [0.1, 0.15) is 6.04 Å². The van der Waals surface area contributed by atoms with Crippen LogP contribution in [0.4, 0.5) is 0 Å². The van der Waals surface area contributed by atoms with Crippen LogP contribution in [0.2, 0.25) is 0 Å². The molecule has 1 fully saturated rings. The molecule has 0 saturated carbocycles. The highest BCUT2D eigenvalue weighted by Crippen LogP contribution is 2.22. The average Bonchev–Trinajstić information content (AvgIpc) is 2.88. The maximum Gasteiger partial charge on any atom is 0.323 e. The molecule has 4 heteroatoms. The van der Waals surface area contributed by atoms with Crippen molar-refractivity contribution >= 4 is 5.97 Å². The molecular weight excluding hydrogens is 242 g/mol. The molecule has 0 bridgehead atoms. The second-order valence-corrected chi connectivity index (χ2v) is 4.83. The lowest BCUT2D eigenvalue weighted by Gasteiger charge is -2.25. The van der Waals surface area contributed by atoms with Gasteiger partial charge in [0.25, 0.3) is 0 Å². The molecule has 1 aromatic carbocycles. The molecule has 1 aliphatic rings. The highest BCUT2D eigenvalue weighted by atomic mass is 16.5. The van der Waals surface area contributed by atoms with Crippen LogP contribution in [-0.4, -0.2) is 41.7 Å². The van der Waals surface area contributed by atoms with Gasteiger partial charge in [-0.1, -0.05) is 30.3 Å². The fraction of sp³-hybridized carbons (Fsp3) is 0.533. The number of ether oxygens (including phenoxy) is 1. The van der Waals surface area contributed by atoms with Gasteiger partial charge in [-0.2, -0.15) is 0 Å². The molecule has 0 radical (unpaired) electrons. The predicted molar refractivity (Wildman–Crippen MR) is 72.6 cm³/mol. The van der Waals surface area contributed by atoms with Gasteiger partial charge in [0.15, 0.2) is 0 Å². The number of likely N-dealkylation sites (tertiary alicyclic amines) is 1. The van der Waals surface area contributed by atoms with Crippen molar-refractivity contribution in [1.29, 1.82) is 0 Å². The van der Waals surface area contributed by atoms with Gasteiger partial charge in [-0.3, -0.25) is 9.69 Å². The monoisotopic (exact) mass is 263 g/mol. The maximum absolute atomic E-state index is 11.8. The van der Waals surface area contributed by atoms with Crippen LogP contribution in [-0.2, 0) is 9.53 Å². The van der Waals surface area contributed by atoms with Crippen molar-refractivity contribution in [2.24, 2.45) is 0 Å². The number of carbonyl (C=O) groups excluding carboxylic acids is 1. The second kappa shape index (κ2) is 6.68. The number of esters is 1. The molecule has 0 spiro atoms. The molecular formula is C15H21NO3. The first-order valence-corrected chi connectivity index (χ1v) is 6.86. The van der Waals surface area contributed by atoms with Gasteiger partial charge in [0.2, 0.25) is 0 Å². The number of aliphatic hydroxyl groups is 1. The van der Waals surface area contributed by atoms with Crippen molar-refractivity contribution in [2.45, 2.75) is 31.9 Å². The lowest BCUT2D eigenvalue weighted by atomic mass is 10.1. The average molecular weight is 263 g/mol. The van der Waals surface area contributed by atoms with Crippen LogP contribution in [0.25, 0.3) is 0 Å². The van der Waals surface area contributed by atoms with Crippen LogP contribution in [0.5, 0.6) is 0 Å². The van der Waals surface area contributed by atoms with Gasteiger partial charge in [-0.15, -0.1) is 0 Å². The van der Waals surface area contributed by atoms with Crippen LogP contribution in [0.15, 0.2) is 30.3 Å². The topological polar surface area (TPSA) is 49.8 Å². The van der Waals surface area contributed by atoms with E-state index in [0.29, 0.717) is 13.2 Å². The van der Waals surface area contributed by atoms with Gasteiger partial charge >= 0.3 is 5.97 Å². The van der Waals surface area contributed by atoms with E-state index in [1.54, 1.807) is 0 Å². The van der Waals surface area contributed by atoms with E-state index in [1.165, 1.54) is 0 Å². The van der Waals surface area contributed by atoms with Crippen LogP contribution < -0.4 is 0 Å². The summed E-state index contributed by atoms with van der Waals surface area (Å²) >= 11 is 0. The Morgan fingerprint density at radius 1 is 1.47 bits per heavy atom. The fourth-order valence-electron chi connectivity index (χ4n) is 2.55. The molecule has 1 heterocycles. The minimum Gasteiger partial charge on any atom is -0.465 e. The maximum atomic E-state index is 11.8. The Bertz CT molecular complexity index is 407. The zero-order valence-corrected chi connectivity index (χ0v) is 11.3. The Balaban J connectivity index is 1.96. The number of β-amino-alcohol motifs (C(OH)–C–C–N with tert-alkyl or cyclic N) is 1. The summed E-state index contributed by atoms with van der Waals surface area (Å²) in [6.07, 6.45) is 1.24. The fourth-order valence-corrected chi connectivity index (χ4v) is 2.55. The third-order valence-electron chi connectivity index (χ3n) is 3.51. The van der Waals surface area contributed by atoms with Crippen LogP contribution >= 0.6 is 0 Å². The lowest BCUT2D eigenvalue weighted by Crippen LogP contribution is -2.39. The summed E-state index contributed by atoms with van der Waals surface area (Å²) in [6, 6.07) is 9.35. The number of hydrogen-bond acceptors (Lipinski definition) is 4. The molecule has 1 saturated heterocycles. The first kappa shape index (κ1) is 14.0. The smallest absolute Gasteiger partial charge is 0.323 e. The third kappa shape index (κ3) is 3.55. The van der Waals surface area contributed by atoms with Crippen LogP contribution in [0, 0.1) is 0 Å². The van der Waals surface area contributed by atoms with Gasteiger partial charge in [0.05, 0.1) is 12.7 Å². The molecule has 104 valence electrons. The Hall–Kier alpha value is -1.39. The van der Waals surface area contributed by atoms with Gasteiger partial charge < -0.3 is 9.84 Å². The molecule has 0 amide bonds. The first-order valence-electron chi connectivity index (χ1n) is 6.86. The lowest BCUT2D eigenvalue weighted by molar-refractivity contribution is -0.148. The quantitative estimate of drug-likeness (QED) is 0.822. The van der Waals surface area contributed by atoms with Crippen molar-refractivity contribution in [3.63, 3.8) is 0 Å². The standard InChI is InChI=1S/C15H21NO3/c1-2-19-15(18)13-9-6-10-16(13)11-14(17)12-7-4-3-5-8-12/h3-5,7-8,13-14,17H,2,6,9-11H2,1H3. The Labute approximate surface area is 114 Å². The zero-order valence-electron chi connectivity index (χ0n) is 11.3. The SMILES string of the molecule is CCOC(=O)C1CCCN1CC(O)c1ccccc1. The minimum atomic E-state index is -0.559. The molecule has 19 heavy (non-hydrogen) atoms. The van der Waals surface area contributed by atoms with Crippen LogP contribution in [0.1, 0.15) is 31.4 Å². The van der Waals surface area contributed by atoms with Crippen molar-refractivity contribution in [1.82, 2.24) is 4.90 Å². The van der Waals surface area contributed by atoms with E-state index in [-0.39, 0.29) is 12.0 Å². The Kier molecular flexibility index (Phi) is 4.93. The highest BCUT2D eigenvalue weighted by molar-refractivity contribution is 5.76. The molecule has 4 nitrogen and oxygen atoms in total. The van der Waals surface area contributed by atoms with E-state index in [9.17, 15) is 9.90 Å². The van der Waals surface area contributed by atoms with E-state index >= 15 is 0 Å². The molecule has 1 aliphatic heterocycles. The van der Waals surface area contributed by atoms with Crippen molar-refractivity contribution in [2.75, 3.05) is 19.7 Å². The van der Waals surface area contributed by atoms with Crippen LogP contribution in [0.3, 0.4) is 0 Å². The van der Waals surface area contributed by atoms with Gasteiger partial charge in [-0.05, 0) is 31.9 Å². The summed E-state index contributed by atoms with van der Waals surface area (Å²) in [7, 11) is 0. The molecule has 1 N–H and O–H groups in total. The molecule has 1 aromatic rings. The largest absolute Gasteiger partial charge is 0.465 e. The molecule has 0 aromatic heterocycles. The first-order chi connectivity index (χ1) is 9.22. The summed E-state index contributed by atoms with van der Waals surface area (Å²) in [5, 5.41) is 10.2. The molecule has 2 rings (SSSR count). The zero-order chi connectivity index (χ0) is 13.7. The van der Waals surface area contributed by atoms with Gasteiger partial charge in [0, 0.05) is 6.54 Å². The number of benzene rings is 1. The van der Waals surface area contributed by atoms with E-state index in [0.717, 1.165) is 24.9 Å². The third-order valence-corrected chi connectivity index (χ3v) is 3.51. The van der Waals surface area contributed by atoms with E-state index in [2.05, 4.69) is 0 Å². The second-order valence-electron chi connectivity index (χ2n) is 4.83. The summed E-state index contributed by atoms with van der Waals surface area (Å²) in [6.45, 7) is 3.54. The van der Waals surface area contributed by atoms with Crippen molar-refractivity contribution < 1.29 is 14.6 Å². The molecule has 0 aliphatic carbocycles. The Morgan fingerprint density at radius 3 is 2.89 bits per heavy atom. The normalized spacial score (nSPS) is 21.3. The number of hydrogen-bond donors (Lipinski definition) is 1. The highest BCUT2D eigenvalue weighted by Gasteiger charge is 2.32. The van der Waals surface area contributed by atoms with E-state index in [1.807, 2.05) is 42.2 Å². The number of nitrogens with zero attached hydrogens (tertiary/aromatic N) is 1. The predicted octanol–water partition coefficient (Wildman–Crippen LogP) is 1.75. The summed E-state index contributed by atoms with van der Waals surface area (Å²) in [5.41, 5.74) is 0.886. The minimum absolute atomic E-state index is 0.166. The van der Waals surface area contributed by atoms with Crippen molar-refractivity contribution in [3.05, 3.63) is 35.9 Å². The number of aliphatic hydroxyl groups excluding tert-OH is 1. The molecule has 2 unspecified atom stereocenters. The van der Waals surface area contributed by atoms with E-state index in [4.69, 9.17) is 4.74 Å². The van der Waals surface area contributed by atoms with E-state index < -0.39 is 6.10 Å². The van der Waals surface area contributed by atoms with Gasteiger partial charge in [-0.25, -0.2) is 0 Å². The number of carbonyl (C=O) groups is 1. The number of rotatable bonds is 5. The summed E-state index contributed by atoms with van der Waals surface area (Å²) in [5.74, 6) is -0.166. The Morgan fingerprint density at radius 2 is 2.21 bits per heavy atom. The summed E-state index contributed by atoms with van der Waals surface area (Å²) in [4.78, 5) is 13.9. The van der Waals surface area contributed by atoms with Crippen molar-refractivity contribution in [3.8, 4) is 0 Å². The molecule has 2 atom stereocenters. The summed E-state index contributed by atoms with van der Waals surface area (Å²) < 4.78 is 5.08.